The third kappa shape index (κ3) is 6.96. The first-order chi connectivity index (χ1) is 11.8. The SMILES string of the molecule is Cl.Cl.O=C(CCN(Cc1ccccc1)Cc1ccn[nH]1)N1CCNCC1. The zero-order valence-corrected chi connectivity index (χ0v) is 16.4. The van der Waals surface area contributed by atoms with Crippen molar-refractivity contribution in [1.29, 1.82) is 0 Å². The molecular formula is C18H27Cl2N5O. The molecule has 0 radical (unpaired) electrons. The molecule has 2 N–H and O–H groups in total. The summed E-state index contributed by atoms with van der Waals surface area (Å²) in [6.07, 6.45) is 2.32. The third-order valence-electron chi connectivity index (χ3n) is 4.31. The van der Waals surface area contributed by atoms with Crippen molar-refractivity contribution in [3.05, 3.63) is 53.9 Å². The molecule has 1 aliphatic rings. The Bertz CT molecular complexity index is 618. The number of hydrogen-bond donors (Lipinski definition) is 2. The maximum atomic E-state index is 12.4. The van der Waals surface area contributed by atoms with Gasteiger partial charge in [-0.1, -0.05) is 30.3 Å². The van der Waals surface area contributed by atoms with Crippen LogP contribution in [0.2, 0.25) is 0 Å². The summed E-state index contributed by atoms with van der Waals surface area (Å²) in [7, 11) is 0. The Morgan fingerprint density at radius 3 is 2.46 bits per heavy atom. The zero-order valence-electron chi connectivity index (χ0n) is 14.8. The molecule has 0 aliphatic carbocycles. The first-order valence-corrected chi connectivity index (χ1v) is 8.54. The summed E-state index contributed by atoms with van der Waals surface area (Å²) in [5.74, 6) is 0.249. The van der Waals surface area contributed by atoms with Crippen LogP contribution in [0.15, 0.2) is 42.6 Å². The van der Waals surface area contributed by atoms with E-state index in [9.17, 15) is 4.79 Å². The number of H-pyrrole nitrogens is 1. The van der Waals surface area contributed by atoms with Gasteiger partial charge in [-0.15, -0.1) is 24.8 Å². The second-order valence-electron chi connectivity index (χ2n) is 6.16. The van der Waals surface area contributed by atoms with Crippen molar-refractivity contribution in [3.63, 3.8) is 0 Å². The lowest BCUT2D eigenvalue weighted by atomic mass is 10.2. The smallest absolute Gasteiger partial charge is 0.223 e. The largest absolute Gasteiger partial charge is 0.340 e. The summed E-state index contributed by atoms with van der Waals surface area (Å²) >= 11 is 0. The number of halogens is 2. The summed E-state index contributed by atoms with van der Waals surface area (Å²) in [4.78, 5) is 16.7. The average molecular weight is 400 g/mol. The number of amides is 1. The Kier molecular flexibility index (Phi) is 10.3. The molecule has 0 bridgehead atoms. The van der Waals surface area contributed by atoms with Gasteiger partial charge in [0.2, 0.25) is 5.91 Å². The van der Waals surface area contributed by atoms with Gasteiger partial charge in [-0.05, 0) is 11.6 Å². The van der Waals surface area contributed by atoms with Gasteiger partial charge in [-0.2, -0.15) is 5.10 Å². The van der Waals surface area contributed by atoms with Gasteiger partial charge < -0.3 is 10.2 Å². The number of carbonyl (C=O) groups excluding carboxylic acids is 1. The van der Waals surface area contributed by atoms with Crippen LogP contribution in [0, 0.1) is 0 Å². The molecule has 1 fully saturated rings. The summed E-state index contributed by atoms with van der Waals surface area (Å²) in [6, 6.07) is 12.4. The quantitative estimate of drug-likeness (QED) is 0.747. The Hall–Kier alpha value is -1.60. The maximum absolute atomic E-state index is 12.4. The molecular weight excluding hydrogens is 373 g/mol. The number of nitrogens with zero attached hydrogens (tertiary/aromatic N) is 3. The van der Waals surface area contributed by atoms with Gasteiger partial charge >= 0.3 is 0 Å². The molecule has 1 saturated heterocycles. The summed E-state index contributed by atoms with van der Waals surface area (Å²) in [6.45, 7) is 5.77. The average Bonchev–Trinajstić information content (AvgIpc) is 3.14. The van der Waals surface area contributed by atoms with E-state index < -0.39 is 0 Å². The van der Waals surface area contributed by atoms with Gasteiger partial charge in [0.15, 0.2) is 0 Å². The number of nitrogens with one attached hydrogen (secondary N) is 2. The number of rotatable bonds is 7. The van der Waals surface area contributed by atoms with Crippen molar-refractivity contribution in [2.45, 2.75) is 19.5 Å². The number of benzene rings is 1. The standard InChI is InChI=1S/C18H25N5O.2ClH/c24-18(23-12-9-19-10-13-23)7-11-22(15-17-6-8-20-21-17)14-16-4-2-1-3-5-16;;/h1-6,8,19H,7,9-15H2,(H,20,21);2*1H. The lowest BCUT2D eigenvalue weighted by molar-refractivity contribution is -0.132. The van der Waals surface area contributed by atoms with Gasteiger partial charge in [-0.25, -0.2) is 0 Å². The van der Waals surface area contributed by atoms with E-state index in [1.807, 2.05) is 17.0 Å². The van der Waals surface area contributed by atoms with Crippen LogP contribution in [0.5, 0.6) is 0 Å². The van der Waals surface area contributed by atoms with E-state index in [0.717, 1.165) is 51.5 Å². The normalized spacial score (nSPS) is 13.8. The molecule has 3 rings (SSSR count). The van der Waals surface area contributed by atoms with Gasteiger partial charge in [0.25, 0.3) is 0 Å². The topological polar surface area (TPSA) is 64.3 Å². The van der Waals surface area contributed by atoms with E-state index in [1.165, 1.54) is 5.56 Å². The fourth-order valence-corrected chi connectivity index (χ4v) is 3.00. The summed E-state index contributed by atoms with van der Waals surface area (Å²) < 4.78 is 0. The highest BCUT2D eigenvalue weighted by molar-refractivity contribution is 5.85. The van der Waals surface area contributed by atoms with Gasteiger partial charge in [-0.3, -0.25) is 14.8 Å². The van der Waals surface area contributed by atoms with Crippen LogP contribution in [-0.4, -0.2) is 58.6 Å². The molecule has 1 aliphatic heterocycles. The highest BCUT2D eigenvalue weighted by Crippen LogP contribution is 2.10. The first kappa shape index (κ1) is 22.4. The molecule has 1 amide bonds. The van der Waals surface area contributed by atoms with Crippen molar-refractivity contribution in [2.75, 3.05) is 32.7 Å². The second kappa shape index (κ2) is 11.9. The Morgan fingerprint density at radius 2 is 1.81 bits per heavy atom. The van der Waals surface area contributed by atoms with E-state index in [2.05, 4.69) is 44.7 Å². The lowest BCUT2D eigenvalue weighted by Gasteiger charge is -2.29. The van der Waals surface area contributed by atoms with Crippen molar-refractivity contribution in [3.8, 4) is 0 Å². The molecule has 144 valence electrons. The Morgan fingerprint density at radius 1 is 1.08 bits per heavy atom. The minimum atomic E-state index is 0. The molecule has 6 nitrogen and oxygen atoms in total. The summed E-state index contributed by atoms with van der Waals surface area (Å²) in [5, 5.41) is 10.3. The van der Waals surface area contributed by atoms with Crippen LogP contribution in [0.1, 0.15) is 17.7 Å². The molecule has 0 spiro atoms. The van der Waals surface area contributed by atoms with Crippen molar-refractivity contribution < 1.29 is 4.79 Å². The Labute approximate surface area is 167 Å². The molecule has 0 unspecified atom stereocenters. The van der Waals surface area contributed by atoms with Crippen LogP contribution < -0.4 is 5.32 Å². The number of hydrogen-bond acceptors (Lipinski definition) is 4. The van der Waals surface area contributed by atoms with Crippen LogP contribution in [0.25, 0.3) is 0 Å². The predicted octanol–water partition coefficient (Wildman–Crippen LogP) is 2.08. The lowest BCUT2D eigenvalue weighted by Crippen LogP contribution is -2.47. The van der Waals surface area contributed by atoms with E-state index in [1.54, 1.807) is 6.20 Å². The molecule has 2 heterocycles. The zero-order chi connectivity index (χ0) is 16.6. The number of aromatic amines is 1. The van der Waals surface area contributed by atoms with Crippen molar-refractivity contribution in [2.24, 2.45) is 0 Å². The molecule has 2 aromatic rings. The molecule has 1 aromatic heterocycles. The monoisotopic (exact) mass is 399 g/mol. The highest BCUT2D eigenvalue weighted by Gasteiger charge is 2.17. The molecule has 1 aromatic carbocycles. The highest BCUT2D eigenvalue weighted by atomic mass is 35.5. The molecule has 26 heavy (non-hydrogen) atoms. The van der Waals surface area contributed by atoms with Gasteiger partial charge in [0.1, 0.15) is 0 Å². The summed E-state index contributed by atoms with van der Waals surface area (Å²) in [5.41, 5.74) is 2.33. The third-order valence-corrected chi connectivity index (χ3v) is 4.31. The number of carbonyl (C=O) groups is 1. The van der Waals surface area contributed by atoms with Gasteiger partial charge in [0, 0.05) is 64.1 Å². The van der Waals surface area contributed by atoms with E-state index in [-0.39, 0.29) is 30.7 Å². The van der Waals surface area contributed by atoms with Crippen LogP contribution in [0.3, 0.4) is 0 Å². The first-order valence-electron chi connectivity index (χ1n) is 8.54. The van der Waals surface area contributed by atoms with E-state index in [4.69, 9.17) is 0 Å². The van der Waals surface area contributed by atoms with Crippen LogP contribution in [-0.2, 0) is 17.9 Å². The molecule has 0 saturated carbocycles. The van der Waals surface area contributed by atoms with Crippen molar-refractivity contribution in [1.82, 2.24) is 25.3 Å². The number of aromatic nitrogens is 2. The molecule has 0 atom stereocenters. The predicted molar refractivity (Wildman–Crippen MR) is 108 cm³/mol. The number of piperazine rings is 1. The van der Waals surface area contributed by atoms with Crippen LogP contribution in [0.4, 0.5) is 0 Å². The Balaban J connectivity index is 0.00000169. The minimum absolute atomic E-state index is 0. The minimum Gasteiger partial charge on any atom is -0.340 e. The fraction of sp³-hybridized carbons (Fsp3) is 0.444. The van der Waals surface area contributed by atoms with Crippen LogP contribution >= 0.6 is 24.8 Å². The van der Waals surface area contributed by atoms with E-state index in [0.29, 0.717) is 6.42 Å². The molecule has 8 heteroatoms. The maximum Gasteiger partial charge on any atom is 0.223 e. The van der Waals surface area contributed by atoms with Gasteiger partial charge in [0.05, 0.1) is 0 Å². The van der Waals surface area contributed by atoms with Crippen molar-refractivity contribution >= 4 is 30.7 Å². The fourth-order valence-electron chi connectivity index (χ4n) is 3.00. The van der Waals surface area contributed by atoms with E-state index >= 15 is 0 Å². The second-order valence-corrected chi connectivity index (χ2v) is 6.16.